The van der Waals surface area contributed by atoms with Gasteiger partial charge in [0.05, 0.1) is 17.0 Å². The maximum atomic E-state index is 8.91. The van der Waals surface area contributed by atoms with Crippen molar-refractivity contribution in [2.45, 2.75) is 13.0 Å². The Hall–Kier alpha value is -2.49. The summed E-state index contributed by atoms with van der Waals surface area (Å²) in [6, 6.07) is 12.2. The van der Waals surface area contributed by atoms with E-state index in [-0.39, 0.29) is 0 Å². The second-order valence-electron chi connectivity index (χ2n) is 6.26. The third-order valence-electron chi connectivity index (χ3n) is 4.62. The largest absolute Gasteiger partial charge is 0.355 e. The molecule has 0 bridgehead atoms. The zero-order chi connectivity index (χ0) is 17.1. The van der Waals surface area contributed by atoms with E-state index >= 15 is 0 Å². The van der Waals surface area contributed by atoms with Gasteiger partial charge in [0.25, 0.3) is 0 Å². The fourth-order valence-electron chi connectivity index (χ4n) is 3.31. The van der Waals surface area contributed by atoms with Gasteiger partial charge in [0, 0.05) is 32.7 Å². The van der Waals surface area contributed by atoms with Gasteiger partial charge in [-0.2, -0.15) is 5.26 Å². The number of anilines is 1. The van der Waals surface area contributed by atoms with Crippen molar-refractivity contribution in [2.24, 2.45) is 0 Å². The van der Waals surface area contributed by atoms with Crippen molar-refractivity contribution >= 4 is 27.4 Å². The smallest absolute Gasteiger partial charge is 0.140 e. The molecule has 25 heavy (non-hydrogen) atoms. The van der Waals surface area contributed by atoms with E-state index in [2.05, 4.69) is 49.4 Å². The van der Waals surface area contributed by atoms with Crippen LogP contribution < -0.4 is 4.90 Å². The summed E-state index contributed by atoms with van der Waals surface area (Å²) < 4.78 is 0. The first-order valence-electron chi connectivity index (χ1n) is 8.48. The molecule has 0 N–H and O–H groups in total. The standard InChI is InChI=1S/C19H19N5S/c20-12-15-2-4-16(5-3-15)13-23-7-1-8-24(10-9-23)18-17-6-11-25-19(17)22-14-21-18/h2-6,11,14H,1,7-10,13H2. The van der Waals surface area contributed by atoms with E-state index in [4.69, 9.17) is 5.26 Å². The van der Waals surface area contributed by atoms with Crippen LogP contribution in [-0.4, -0.2) is 41.0 Å². The van der Waals surface area contributed by atoms with Gasteiger partial charge in [-0.1, -0.05) is 12.1 Å². The van der Waals surface area contributed by atoms with Crippen LogP contribution in [0.4, 0.5) is 5.82 Å². The zero-order valence-electron chi connectivity index (χ0n) is 13.9. The molecule has 1 fully saturated rings. The molecular formula is C19H19N5S. The van der Waals surface area contributed by atoms with Gasteiger partial charge in [-0.3, -0.25) is 4.90 Å². The highest BCUT2D eigenvalue weighted by Crippen LogP contribution is 2.27. The molecule has 3 heterocycles. The lowest BCUT2D eigenvalue weighted by atomic mass is 10.1. The maximum absolute atomic E-state index is 8.91. The fourth-order valence-corrected chi connectivity index (χ4v) is 4.04. The Labute approximate surface area is 151 Å². The van der Waals surface area contributed by atoms with E-state index in [0.29, 0.717) is 5.56 Å². The number of nitriles is 1. The molecule has 2 aromatic heterocycles. The fraction of sp³-hybridized carbons (Fsp3) is 0.316. The minimum atomic E-state index is 0.717. The molecule has 0 unspecified atom stereocenters. The molecule has 1 saturated heterocycles. The summed E-state index contributed by atoms with van der Waals surface area (Å²) >= 11 is 1.66. The van der Waals surface area contributed by atoms with Gasteiger partial charge in [-0.05, 0) is 35.6 Å². The van der Waals surface area contributed by atoms with Crippen LogP contribution in [0, 0.1) is 11.3 Å². The Bertz CT molecular complexity index is 896. The first kappa shape index (κ1) is 16.0. The van der Waals surface area contributed by atoms with Gasteiger partial charge < -0.3 is 4.90 Å². The number of aromatic nitrogens is 2. The third-order valence-corrected chi connectivity index (χ3v) is 5.44. The van der Waals surface area contributed by atoms with Gasteiger partial charge in [0.15, 0.2) is 0 Å². The predicted molar refractivity (Wildman–Crippen MR) is 101 cm³/mol. The van der Waals surface area contributed by atoms with Crippen LogP contribution in [0.2, 0.25) is 0 Å². The average Bonchev–Trinajstić information content (AvgIpc) is 3.02. The van der Waals surface area contributed by atoms with Crippen molar-refractivity contribution in [3.05, 3.63) is 53.2 Å². The molecule has 4 rings (SSSR count). The summed E-state index contributed by atoms with van der Waals surface area (Å²) in [7, 11) is 0. The number of rotatable bonds is 3. The summed E-state index contributed by atoms with van der Waals surface area (Å²) in [5.74, 6) is 1.06. The van der Waals surface area contributed by atoms with Crippen LogP contribution in [-0.2, 0) is 6.54 Å². The first-order chi connectivity index (χ1) is 12.3. The summed E-state index contributed by atoms with van der Waals surface area (Å²) in [6.45, 7) is 5.01. The molecule has 1 aliphatic rings. The number of thiophene rings is 1. The number of hydrogen-bond acceptors (Lipinski definition) is 6. The monoisotopic (exact) mass is 349 g/mol. The number of benzene rings is 1. The molecule has 0 atom stereocenters. The van der Waals surface area contributed by atoms with Crippen molar-refractivity contribution in [1.82, 2.24) is 14.9 Å². The van der Waals surface area contributed by atoms with Crippen LogP contribution in [0.25, 0.3) is 10.2 Å². The van der Waals surface area contributed by atoms with Crippen molar-refractivity contribution in [2.75, 3.05) is 31.1 Å². The quantitative estimate of drug-likeness (QED) is 0.726. The Kier molecular flexibility index (Phi) is 4.59. The summed E-state index contributed by atoms with van der Waals surface area (Å²) in [4.78, 5) is 14.8. The second-order valence-corrected chi connectivity index (χ2v) is 7.16. The molecule has 1 aliphatic heterocycles. The molecule has 0 spiro atoms. The molecular weight excluding hydrogens is 330 g/mol. The van der Waals surface area contributed by atoms with Crippen LogP contribution in [0.5, 0.6) is 0 Å². The lowest BCUT2D eigenvalue weighted by Gasteiger charge is -2.23. The Morgan fingerprint density at radius 1 is 1.04 bits per heavy atom. The van der Waals surface area contributed by atoms with Crippen molar-refractivity contribution in [1.29, 1.82) is 5.26 Å². The highest BCUT2D eigenvalue weighted by atomic mass is 32.1. The lowest BCUT2D eigenvalue weighted by molar-refractivity contribution is 0.285. The Morgan fingerprint density at radius 3 is 2.76 bits per heavy atom. The molecule has 126 valence electrons. The summed E-state index contributed by atoms with van der Waals surface area (Å²) in [5, 5.41) is 12.2. The Balaban J connectivity index is 1.45. The number of nitrogens with zero attached hydrogens (tertiary/aromatic N) is 5. The SMILES string of the molecule is N#Cc1ccc(CN2CCCN(c3ncnc4sccc34)CC2)cc1. The molecule has 0 radical (unpaired) electrons. The Morgan fingerprint density at radius 2 is 1.92 bits per heavy atom. The maximum Gasteiger partial charge on any atom is 0.140 e. The van der Waals surface area contributed by atoms with E-state index in [9.17, 15) is 0 Å². The van der Waals surface area contributed by atoms with E-state index in [0.717, 1.165) is 55.2 Å². The number of hydrogen-bond donors (Lipinski definition) is 0. The van der Waals surface area contributed by atoms with Crippen LogP contribution in [0.1, 0.15) is 17.5 Å². The van der Waals surface area contributed by atoms with E-state index < -0.39 is 0 Å². The predicted octanol–water partition coefficient (Wildman–Crippen LogP) is 3.28. The second kappa shape index (κ2) is 7.18. The van der Waals surface area contributed by atoms with Gasteiger partial charge in [0.2, 0.25) is 0 Å². The van der Waals surface area contributed by atoms with E-state index in [1.54, 1.807) is 17.7 Å². The van der Waals surface area contributed by atoms with Crippen LogP contribution in [0.3, 0.4) is 0 Å². The highest BCUT2D eigenvalue weighted by Gasteiger charge is 2.18. The first-order valence-corrected chi connectivity index (χ1v) is 9.36. The molecule has 0 aliphatic carbocycles. The van der Waals surface area contributed by atoms with Crippen molar-refractivity contribution in [3.63, 3.8) is 0 Å². The van der Waals surface area contributed by atoms with Gasteiger partial charge in [-0.15, -0.1) is 11.3 Å². The van der Waals surface area contributed by atoms with Gasteiger partial charge >= 0.3 is 0 Å². The molecule has 0 amide bonds. The topological polar surface area (TPSA) is 56.1 Å². The van der Waals surface area contributed by atoms with Gasteiger partial charge in [-0.25, -0.2) is 9.97 Å². The van der Waals surface area contributed by atoms with Crippen molar-refractivity contribution in [3.8, 4) is 6.07 Å². The van der Waals surface area contributed by atoms with Crippen LogP contribution >= 0.6 is 11.3 Å². The molecule has 3 aromatic rings. The van der Waals surface area contributed by atoms with E-state index in [1.807, 2.05) is 12.1 Å². The number of fused-ring (bicyclic) bond motifs is 1. The zero-order valence-corrected chi connectivity index (χ0v) is 14.7. The molecule has 6 heteroatoms. The van der Waals surface area contributed by atoms with Crippen LogP contribution in [0.15, 0.2) is 42.0 Å². The summed E-state index contributed by atoms with van der Waals surface area (Å²) in [5.41, 5.74) is 1.98. The molecule has 5 nitrogen and oxygen atoms in total. The third kappa shape index (κ3) is 3.48. The normalized spacial score (nSPS) is 15.9. The van der Waals surface area contributed by atoms with E-state index in [1.165, 1.54) is 5.56 Å². The molecule has 0 saturated carbocycles. The summed E-state index contributed by atoms with van der Waals surface area (Å²) in [6.07, 6.45) is 2.79. The van der Waals surface area contributed by atoms with Crippen molar-refractivity contribution < 1.29 is 0 Å². The minimum absolute atomic E-state index is 0.717. The minimum Gasteiger partial charge on any atom is -0.355 e. The molecule has 1 aromatic carbocycles. The highest BCUT2D eigenvalue weighted by molar-refractivity contribution is 7.16. The lowest BCUT2D eigenvalue weighted by Crippen LogP contribution is -2.31. The van der Waals surface area contributed by atoms with Gasteiger partial charge in [0.1, 0.15) is 17.0 Å². The average molecular weight is 349 g/mol.